The molecule has 1 N–H and O–H groups in total. The summed E-state index contributed by atoms with van der Waals surface area (Å²) in [7, 11) is 1.31. The topological polar surface area (TPSA) is 45.5 Å². The van der Waals surface area contributed by atoms with Crippen LogP contribution in [0.1, 0.15) is 37.6 Å². The molecular weight excluding hydrogens is 438 g/mol. The molecule has 0 unspecified atom stereocenters. The lowest BCUT2D eigenvalue weighted by Crippen LogP contribution is -2.37. The SMILES string of the molecule is CN[C@@H](c1ccc(N2CCC(C)(C)c3c2cnc2cc(Cl)nn32)cc1)C(F)(F)F.Cl. The zero-order valence-electron chi connectivity index (χ0n) is 16.7. The highest BCUT2D eigenvalue weighted by Gasteiger charge is 2.40. The van der Waals surface area contributed by atoms with Crippen LogP contribution in [-0.2, 0) is 5.41 Å². The first-order chi connectivity index (χ1) is 13.6. The lowest BCUT2D eigenvalue weighted by Gasteiger charge is -2.39. The number of halogens is 5. The van der Waals surface area contributed by atoms with Crippen molar-refractivity contribution < 1.29 is 13.2 Å². The van der Waals surface area contributed by atoms with Crippen molar-refractivity contribution >= 4 is 41.0 Å². The zero-order valence-corrected chi connectivity index (χ0v) is 18.2. The number of hydrogen-bond acceptors (Lipinski definition) is 4. The van der Waals surface area contributed by atoms with E-state index < -0.39 is 12.2 Å². The fraction of sp³-hybridized carbons (Fsp3) is 0.400. The summed E-state index contributed by atoms with van der Waals surface area (Å²) in [6, 6.07) is 6.47. The first kappa shape index (κ1) is 22.7. The third-order valence-electron chi connectivity index (χ3n) is 5.48. The van der Waals surface area contributed by atoms with Gasteiger partial charge in [-0.15, -0.1) is 12.4 Å². The maximum Gasteiger partial charge on any atom is 0.407 e. The van der Waals surface area contributed by atoms with Crippen molar-refractivity contribution in [1.29, 1.82) is 0 Å². The molecule has 4 rings (SSSR count). The number of rotatable bonds is 3. The minimum absolute atomic E-state index is 0. The molecule has 5 nitrogen and oxygen atoms in total. The van der Waals surface area contributed by atoms with Crippen molar-refractivity contribution in [2.45, 2.75) is 37.9 Å². The Hall–Kier alpha value is -2.03. The van der Waals surface area contributed by atoms with Gasteiger partial charge in [-0.1, -0.05) is 37.6 Å². The summed E-state index contributed by atoms with van der Waals surface area (Å²) in [5, 5.41) is 7.09. The Morgan fingerprint density at radius 3 is 2.47 bits per heavy atom. The molecule has 0 fully saturated rings. The largest absolute Gasteiger partial charge is 0.407 e. The maximum atomic E-state index is 13.2. The van der Waals surface area contributed by atoms with Crippen molar-refractivity contribution in [2.75, 3.05) is 18.5 Å². The molecule has 1 aliphatic heterocycles. The average molecular weight is 460 g/mol. The predicted molar refractivity (Wildman–Crippen MR) is 114 cm³/mol. The van der Waals surface area contributed by atoms with E-state index in [-0.39, 0.29) is 23.4 Å². The summed E-state index contributed by atoms with van der Waals surface area (Å²) in [5.74, 6) is 0. The second-order valence-corrected chi connectivity index (χ2v) is 8.26. The third-order valence-corrected chi connectivity index (χ3v) is 5.67. The van der Waals surface area contributed by atoms with Crippen LogP contribution in [0.25, 0.3) is 5.65 Å². The average Bonchev–Trinajstić information content (AvgIpc) is 3.01. The highest BCUT2D eigenvalue weighted by molar-refractivity contribution is 6.29. The molecule has 1 atom stereocenters. The normalized spacial score (nSPS) is 16.8. The Kier molecular flexibility index (Phi) is 5.97. The van der Waals surface area contributed by atoms with Crippen LogP contribution in [0.15, 0.2) is 36.5 Å². The molecule has 0 amide bonds. The summed E-state index contributed by atoms with van der Waals surface area (Å²) in [6.07, 6.45) is -1.73. The summed E-state index contributed by atoms with van der Waals surface area (Å²) in [6.45, 7) is 5.00. The smallest absolute Gasteiger partial charge is 0.339 e. The van der Waals surface area contributed by atoms with E-state index >= 15 is 0 Å². The Morgan fingerprint density at radius 2 is 1.87 bits per heavy atom. The van der Waals surface area contributed by atoms with Gasteiger partial charge < -0.3 is 10.2 Å². The van der Waals surface area contributed by atoms with E-state index in [9.17, 15) is 13.2 Å². The van der Waals surface area contributed by atoms with Crippen molar-refractivity contribution in [2.24, 2.45) is 0 Å². The number of aromatic nitrogens is 3. The van der Waals surface area contributed by atoms with Crippen molar-refractivity contribution in [3.8, 4) is 0 Å². The van der Waals surface area contributed by atoms with Crippen molar-refractivity contribution in [3.63, 3.8) is 0 Å². The lowest BCUT2D eigenvalue weighted by atomic mass is 9.81. The predicted octanol–water partition coefficient (Wildman–Crippen LogP) is 5.45. The minimum atomic E-state index is -4.35. The number of hydrogen-bond donors (Lipinski definition) is 1. The molecule has 3 aromatic rings. The summed E-state index contributed by atoms with van der Waals surface area (Å²) in [5.41, 5.74) is 3.35. The zero-order chi connectivity index (χ0) is 21.0. The molecule has 0 radical (unpaired) electrons. The van der Waals surface area contributed by atoms with E-state index in [1.165, 1.54) is 19.2 Å². The number of benzene rings is 1. The fourth-order valence-corrected chi connectivity index (χ4v) is 4.17. The lowest BCUT2D eigenvalue weighted by molar-refractivity contribution is -0.156. The quantitative estimate of drug-likeness (QED) is 0.565. The molecule has 162 valence electrons. The Bertz CT molecular complexity index is 1050. The van der Waals surface area contributed by atoms with Crippen LogP contribution in [0.4, 0.5) is 24.5 Å². The molecule has 30 heavy (non-hydrogen) atoms. The van der Waals surface area contributed by atoms with Crippen LogP contribution in [-0.4, -0.2) is 34.4 Å². The molecule has 1 aliphatic rings. The molecule has 0 saturated carbocycles. The number of anilines is 2. The number of fused-ring (bicyclic) bond motifs is 3. The van der Waals surface area contributed by atoms with Gasteiger partial charge in [0.25, 0.3) is 0 Å². The minimum Gasteiger partial charge on any atom is -0.339 e. The Labute approximate surface area is 183 Å². The van der Waals surface area contributed by atoms with E-state index in [2.05, 4.69) is 34.1 Å². The monoisotopic (exact) mass is 459 g/mol. The van der Waals surface area contributed by atoms with E-state index in [1.807, 2.05) is 0 Å². The van der Waals surface area contributed by atoms with Crippen LogP contribution in [0.2, 0.25) is 5.15 Å². The Balaban J connectivity index is 0.00000256. The molecule has 0 bridgehead atoms. The van der Waals surface area contributed by atoms with Crippen LogP contribution < -0.4 is 10.2 Å². The van der Waals surface area contributed by atoms with Gasteiger partial charge in [-0.05, 0) is 31.2 Å². The first-order valence-electron chi connectivity index (χ1n) is 9.28. The van der Waals surface area contributed by atoms with Gasteiger partial charge in [0.2, 0.25) is 0 Å². The highest BCUT2D eigenvalue weighted by Crippen LogP contribution is 2.43. The third kappa shape index (κ3) is 3.84. The van der Waals surface area contributed by atoms with Gasteiger partial charge in [0.05, 0.1) is 17.6 Å². The van der Waals surface area contributed by atoms with Gasteiger partial charge in [-0.2, -0.15) is 18.3 Å². The summed E-state index contributed by atoms with van der Waals surface area (Å²) >= 11 is 6.09. The van der Waals surface area contributed by atoms with Gasteiger partial charge in [0.1, 0.15) is 6.04 Å². The van der Waals surface area contributed by atoms with Gasteiger partial charge >= 0.3 is 6.18 Å². The number of nitrogens with zero attached hydrogens (tertiary/aromatic N) is 4. The molecular formula is C20H22Cl2F3N5. The number of nitrogens with one attached hydrogen (secondary N) is 1. The fourth-order valence-electron chi connectivity index (χ4n) is 3.99. The van der Waals surface area contributed by atoms with E-state index in [0.29, 0.717) is 10.8 Å². The van der Waals surface area contributed by atoms with Crippen LogP contribution >= 0.6 is 24.0 Å². The van der Waals surface area contributed by atoms with Gasteiger partial charge in [0.15, 0.2) is 10.8 Å². The maximum absolute atomic E-state index is 13.2. The second-order valence-electron chi connectivity index (χ2n) is 7.87. The first-order valence-corrected chi connectivity index (χ1v) is 9.66. The standard InChI is InChI=1S/C20H21ClF3N5.ClH/c1-19(2)8-9-28(14-11-26-16-10-15(21)27-29(16)18(14)19)13-6-4-12(5-7-13)17(25-3)20(22,23)24;/h4-7,10-11,17,25H,8-9H2,1-3H3;1H/t17-;/m0./s1. The molecule has 3 heterocycles. The molecule has 0 saturated heterocycles. The highest BCUT2D eigenvalue weighted by atomic mass is 35.5. The molecule has 1 aromatic carbocycles. The second kappa shape index (κ2) is 7.90. The van der Waals surface area contributed by atoms with Crippen molar-refractivity contribution in [1.82, 2.24) is 19.9 Å². The summed E-state index contributed by atoms with van der Waals surface area (Å²) in [4.78, 5) is 6.53. The molecule has 2 aromatic heterocycles. The van der Waals surface area contributed by atoms with Crippen LogP contribution in [0.3, 0.4) is 0 Å². The van der Waals surface area contributed by atoms with Gasteiger partial charge in [-0.3, -0.25) is 0 Å². The molecule has 0 aliphatic carbocycles. The molecule has 10 heteroatoms. The van der Waals surface area contributed by atoms with Gasteiger partial charge in [-0.25, -0.2) is 9.50 Å². The summed E-state index contributed by atoms with van der Waals surface area (Å²) < 4.78 is 41.3. The van der Waals surface area contributed by atoms with Gasteiger partial charge in [0, 0.05) is 23.7 Å². The van der Waals surface area contributed by atoms with Crippen LogP contribution in [0.5, 0.6) is 0 Å². The number of alkyl halides is 3. The molecule has 0 spiro atoms. The Morgan fingerprint density at radius 1 is 1.20 bits per heavy atom. The van der Waals surface area contributed by atoms with E-state index in [4.69, 9.17) is 11.6 Å². The van der Waals surface area contributed by atoms with E-state index in [0.717, 1.165) is 30.0 Å². The van der Waals surface area contributed by atoms with Crippen molar-refractivity contribution in [3.05, 3.63) is 52.9 Å². The van der Waals surface area contributed by atoms with E-state index in [1.54, 1.807) is 28.9 Å². The van der Waals surface area contributed by atoms with Crippen LogP contribution in [0, 0.1) is 0 Å².